The summed E-state index contributed by atoms with van der Waals surface area (Å²) in [7, 11) is 0. The topological polar surface area (TPSA) is 56.3 Å². The minimum atomic E-state index is 0.575. The SMILES string of the molecule is Cc1cc(C)c(C2=C3N=C(C(c4ccc(Cl)cc4)=C3c3ccc(Cl)cc3)C(c3c(C)cc(C)cc3C)=c3[nH]c(c(-c4ccc(Cl)cc4)c3-c3ccc(Cl)cc3)=C(c3c(C)cc(C)cc3C)C3=NC(=C(c4c(C)cc(C)cc4C)c4[nH]c2c(-c2ccc(Cl)cc2)c4-c2ccc(Cl)cc2)C(c2ccc(Cl)cc2)=C3c2ccc(Cl)cc2)c(C)c1. The van der Waals surface area contributed by atoms with E-state index in [1.807, 2.05) is 97.1 Å². The molecule has 1 aliphatic carbocycles. The highest BCUT2D eigenvalue weighted by Gasteiger charge is 2.41. The van der Waals surface area contributed by atoms with Crippen LogP contribution >= 0.6 is 92.8 Å². The van der Waals surface area contributed by atoms with Crippen molar-refractivity contribution in [2.24, 2.45) is 9.98 Å². The molecule has 17 rings (SSSR count). The predicted octanol–water partition coefficient (Wildman–Crippen LogP) is 29.7. The first-order valence-corrected chi connectivity index (χ1v) is 41.6. The number of rotatable bonds is 12. The number of H-pyrrole nitrogens is 2. The van der Waals surface area contributed by atoms with Crippen molar-refractivity contribution in [1.29, 1.82) is 0 Å². The van der Waals surface area contributed by atoms with Crippen molar-refractivity contribution in [1.82, 2.24) is 9.97 Å². The molecule has 570 valence electrons. The molecule has 3 aliphatic rings. The van der Waals surface area contributed by atoms with E-state index >= 15 is 0 Å². The van der Waals surface area contributed by atoms with Gasteiger partial charge in [0.25, 0.3) is 0 Å². The molecule has 0 unspecified atom stereocenters. The third kappa shape index (κ3) is 14.1. The second-order valence-corrected chi connectivity index (χ2v) is 34.5. The molecule has 0 saturated carbocycles. The molecule has 14 aromatic rings. The molecule has 2 aliphatic heterocycles. The molecule has 0 saturated heterocycles. The summed E-state index contributed by atoms with van der Waals surface area (Å²) in [6, 6.07) is 84.1. The Balaban J connectivity index is 1.31. The van der Waals surface area contributed by atoms with E-state index < -0.39 is 0 Å². The average Bonchev–Trinajstić information content (AvgIpc) is 1.54. The van der Waals surface area contributed by atoms with Crippen molar-refractivity contribution in [3.05, 3.63) is 428 Å². The van der Waals surface area contributed by atoms with E-state index in [4.69, 9.17) is 103 Å². The number of allylic oxidation sites excluding steroid dienone is 4. The van der Waals surface area contributed by atoms with Gasteiger partial charge in [0.05, 0.1) is 44.9 Å². The fourth-order valence-electron chi connectivity index (χ4n) is 18.4. The summed E-state index contributed by atoms with van der Waals surface area (Å²) in [4.78, 5) is 22.6. The third-order valence-corrected chi connectivity index (χ3v) is 24.6. The lowest BCUT2D eigenvalue weighted by Crippen LogP contribution is -2.25. The van der Waals surface area contributed by atoms with Gasteiger partial charge in [-0.3, -0.25) is 0 Å². The Hall–Kier alpha value is -10.4. The number of hydrogen-bond donors (Lipinski definition) is 2. The van der Waals surface area contributed by atoms with Gasteiger partial charge in [0, 0.05) is 107 Å². The number of nitrogens with one attached hydrogen (secondary N) is 2. The molecule has 0 amide bonds. The van der Waals surface area contributed by atoms with Crippen molar-refractivity contribution in [2.45, 2.75) is 83.1 Å². The van der Waals surface area contributed by atoms with Crippen molar-refractivity contribution in [3.8, 4) is 44.5 Å². The number of benzene rings is 12. The maximum Gasteiger partial charge on any atom is 0.0822 e. The Labute approximate surface area is 717 Å². The second kappa shape index (κ2) is 31.2. The quantitative estimate of drug-likeness (QED) is 0.122. The number of fused-ring (bicyclic) bond motifs is 10. The number of hydrogen-bond acceptors (Lipinski definition) is 2. The van der Waals surface area contributed by atoms with Crippen molar-refractivity contribution in [3.63, 3.8) is 0 Å². The van der Waals surface area contributed by atoms with Crippen LogP contribution in [0.1, 0.15) is 123 Å². The fourth-order valence-corrected chi connectivity index (χ4v) is 19.4. The molecule has 2 aromatic heterocycles. The average molecular weight is 1670 g/mol. The van der Waals surface area contributed by atoms with Gasteiger partial charge in [-0.05, 0) is 291 Å². The molecule has 4 heterocycles. The minimum Gasteiger partial charge on any atom is -0.353 e. The van der Waals surface area contributed by atoms with E-state index in [1.165, 1.54) is 0 Å². The van der Waals surface area contributed by atoms with E-state index in [-0.39, 0.29) is 0 Å². The molecule has 12 heteroatoms. The number of aromatic nitrogens is 2. The molecule has 12 aromatic carbocycles. The van der Waals surface area contributed by atoms with Gasteiger partial charge in [-0.25, -0.2) is 9.98 Å². The summed E-state index contributed by atoms with van der Waals surface area (Å²) >= 11 is 57.5. The standard InChI is InChI=1S/C104H78Cl8N4/c1-53-45-57(5)81(58(6)46-53)93-97-85(65-13-29-73(105)30-14-65)87(67-17-33-75(107)34-18-67)99(113-97)94(82-59(7)47-54(2)48-60(82)8)101-89(69-21-37-77(109)38-22-69)91(71-25-41-79(111)42-26-71)103(115-101)96(84-63(11)51-56(4)52-64(84)12)104-92(72-27-43-80(112)44-28-72)90(70-23-39-78(110)40-24-70)102(116-104)95(83-61(9)49-55(3)50-62(83)10)100-88(68-19-35-76(108)36-20-68)86(98(93)114-100)66-15-31-74(106)32-16-66/h13-52,113,116H,1-12H3. The van der Waals surface area contributed by atoms with Crippen LogP contribution in [0.15, 0.2) is 264 Å². The van der Waals surface area contributed by atoms with Crippen LogP contribution < -0.4 is 10.7 Å². The van der Waals surface area contributed by atoms with Gasteiger partial charge in [0.15, 0.2) is 0 Å². The van der Waals surface area contributed by atoms with Crippen LogP contribution in [0.4, 0.5) is 0 Å². The Morgan fingerprint density at radius 1 is 0.190 bits per heavy atom. The number of nitrogens with zero attached hydrogens (tertiary/aromatic N) is 2. The monoisotopic (exact) mass is 1660 g/mol. The van der Waals surface area contributed by atoms with Crippen LogP contribution in [0, 0.1) is 83.1 Å². The number of aliphatic imine (C=N–C) groups is 2. The van der Waals surface area contributed by atoms with Crippen LogP contribution in [0.5, 0.6) is 0 Å². The summed E-state index contributed by atoms with van der Waals surface area (Å²) in [5.74, 6) is 0. The first-order valence-electron chi connectivity index (χ1n) is 38.6. The van der Waals surface area contributed by atoms with Crippen molar-refractivity contribution in [2.75, 3.05) is 0 Å². The van der Waals surface area contributed by atoms with E-state index in [2.05, 4.69) is 239 Å². The summed E-state index contributed by atoms with van der Waals surface area (Å²) in [6.45, 7) is 26.4. The lowest BCUT2D eigenvalue weighted by atomic mass is 9.81. The fraction of sp³-hybridized carbons (Fsp3) is 0.115. The van der Waals surface area contributed by atoms with Gasteiger partial charge in [-0.1, -0.05) is 261 Å². The first kappa shape index (κ1) is 78.1. The molecule has 0 fully saturated rings. The zero-order valence-electron chi connectivity index (χ0n) is 66.0. The Morgan fingerprint density at radius 2 is 0.379 bits per heavy atom. The van der Waals surface area contributed by atoms with Crippen LogP contribution in [-0.2, 0) is 0 Å². The van der Waals surface area contributed by atoms with Gasteiger partial charge in [0.1, 0.15) is 0 Å². The van der Waals surface area contributed by atoms with Crippen LogP contribution in [-0.4, -0.2) is 21.4 Å². The molecule has 116 heavy (non-hydrogen) atoms. The lowest BCUT2D eigenvalue weighted by molar-refractivity contribution is 1.22. The zero-order chi connectivity index (χ0) is 81.1. The Bertz CT molecular complexity index is 6300. The minimum absolute atomic E-state index is 0.575. The van der Waals surface area contributed by atoms with Gasteiger partial charge >= 0.3 is 0 Å². The maximum atomic E-state index is 7.19. The summed E-state index contributed by atoms with van der Waals surface area (Å²) in [6.07, 6.45) is 0. The summed E-state index contributed by atoms with van der Waals surface area (Å²) in [5.41, 5.74) is 37.8. The normalized spacial score (nSPS) is 13.6. The summed E-state index contributed by atoms with van der Waals surface area (Å²) in [5, 5.41) is 6.15. The van der Waals surface area contributed by atoms with Crippen molar-refractivity contribution < 1.29 is 0 Å². The molecule has 0 spiro atoms. The van der Waals surface area contributed by atoms with Crippen LogP contribution in [0.3, 0.4) is 0 Å². The molecule has 2 N–H and O–H groups in total. The van der Waals surface area contributed by atoms with Crippen molar-refractivity contribution >= 4 is 149 Å². The predicted molar refractivity (Wildman–Crippen MR) is 497 cm³/mol. The molecule has 0 atom stereocenters. The smallest absolute Gasteiger partial charge is 0.0822 e. The van der Waals surface area contributed by atoms with Gasteiger partial charge in [-0.2, -0.15) is 0 Å². The highest BCUT2D eigenvalue weighted by Crippen LogP contribution is 2.57. The maximum absolute atomic E-state index is 7.19. The van der Waals surface area contributed by atoms with E-state index in [0.717, 1.165) is 222 Å². The second-order valence-electron chi connectivity index (χ2n) is 31.0. The highest BCUT2D eigenvalue weighted by molar-refractivity contribution is 6.54. The number of aryl methyl sites for hydroxylation is 12. The summed E-state index contributed by atoms with van der Waals surface area (Å²) < 4.78 is 0. The lowest BCUT2D eigenvalue weighted by Gasteiger charge is -2.21. The molecule has 8 bridgehead atoms. The van der Waals surface area contributed by atoms with Gasteiger partial charge in [-0.15, -0.1) is 0 Å². The first-order chi connectivity index (χ1) is 55.7. The third-order valence-electron chi connectivity index (χ3n) is 22.6. The van der Waals surface area contributed by atoms with Gasteiger partial charge < -0.3 is 9.97 Å². The van der Waals surface area contributed by atoms with E-state index in [1.54, 1.807) is 0 Å². The molecule has 0 radical (unpaired) electrons. The number of aromatic amines is 2. The molecular formula is C104H78Cl8N4. The Morgan fingerprint density at radius 3 is 0.603 bits per heavy atom. The van der Waals surface area contributed by atoms with E-state index in [0.29, 0.717) is 63.0 Å². The Kier molecular flexibility index (Phi) is 21.0. The zero-order valence-corrected chi connectivity index (χ0v) is 72.1. The van der Waals surface area contributed by atoms with E-state index in [9.17, 15) is 0 Å². The van der Waals surface area contributed by atoms with Crippen LogP contribution in [0.2, 0.25) is 40.2 Å². The largest absolute Gasteiger partial charge is 0.353 e. The van der Waals surface area contributed by atoms with Crippen LogP contribution in [0.25, 0.3) is 89.1 Å². The highest BCUT2D eigenvalue weighted by atomic mass is 35.5. The molecule has 4 nitrogen and oxygen atoms in total. The number of halogens is 8. The van der Waals surface area contributed by atoms with Gasteiger partial charge in [0.2, 0.25) is 0 Å². The molecular weight excluding hydrogens is 1590 g/mol.